The number of benzene rings is 3. The summed E-state index contributed by atoms with van der Waals surface area (Å²) < 4.78 is 68.8. The number of aliphatic hydroxyl groups is 1. The van der Waals surface area contributed by atoms with Crippen LogP contribution in [0.5, 0.6) is 5.75 Å². The van der Waals surface area contributed by atoms with Crippen molar-refractivity contribution in [3.63, 3.8) is 0 Å². The Labute approximate surface area is 205 Å². The molecule has 7 nitrogen and oxygen atoms in total. The molecule has 5 aromatic rings. The van der Waals surface area contributed by atoms with Crippen molar-refractivity contribution >= 4 is 11.0 Å². The number of fused-ring (bicyclic) bond motifs is 1. The first kappa shape index (κ1) is 24.2. The highest BCUT2D eigenvalue weighted by Crippen LogP contribution is 2.33. The number of aromatic nitrogens is 2. The molecule has 0 saturated heterocycles. The monoisotopic (exact) mass is 512 g/mol. The molecule has 0 fully saturated rings. The van der Waals surface area contributed by atoms with Crippen LogP contribution in [0, 0.1) is 5.82 Å². The van der Waals surface area contributed by atoms with Gasteiger partial charge >= 0.3 is 6.18 Å². The summed E-state index contributed by atoms with van der Waals surface area (Å²) in [6, 6.07) is 13.4. The van der Waals surface area contributed by atoms with Gasteiger partial charge in [-0.3, -0.25) is 4.79 Å². The van der Waals surface area contributed by atoms with Gasteiger partial charge in [-0.05, 0) is 41.5 Å². The Morgan fingerprint density at radius 2 is 1.76 bits per heavy atom. The number of rotatable bonds is 6. The van der Waals surface area contributed by atoms with E-state index in [1.807, 2.05) is 0 Å². The Bertz CT molecular complexity index is 1640. The Morgan fingerprint density at radius 1 is 0.973 bits per heavy atom. The minimum absolute atomic E-state index is 0.0102. The summed E-state index contributed by atoms with van der Waals surface area (Å²) in [6.45, 7) is -0.319. The van der Waals surface area contributed by atoms with Gasteiger partial charge in [0, 0.05) is 11.6 Å². The summed E-state index contributed by atoms with van der Waals surface area (Å²) in [5, 5.41) is 13.2. The first-order valence-corrected chi connectivity index (χ1v) is 10.8. The van der Waals surface area contributed by atoms with Crippen LogP contribution in [0.15, 0.2) is 80.7 Å². The van der Waals surface area contributed by atoms with Crippen LogP contribution in [-0.2, 0) is 19.4 Å². The highest BCUT2D eigenvalue weighted by atomic mass is 19.4. The van der Waals surface area contributed by atoms with E-state index in [1.54, 1.807) is 30.3 Å². The first-order valence-electron chi connectivity index (χ1n) is 10.8. The van der Waals surface area contributed by atoms with E-state index in [0.29, 0.717) is 40.0 Å². The molecule has 0 radical (unpaired) electrons. The van der Waals surface area contributed by atoms with Gasteiger partial charge in [0.15, 0.2) is 12.0 Å². The molecule has 5 rings (SSSR count). The minimum atomic E-state index is -4.74. The van der Waals surface area contributed by atoms with E-state index in [4.69, 9.17) is 13.7 Å². The third kappa shape index (κ3) is 5.07. The minimum Gasteiger partial charge on any atom is -0.485 e. The zero-order valence-corrected chi connectivity index (χ0v) is 18.8. The van der Waals surface area contributed by atoms with E-state index in [2.05, 4.69) is 10.1 Å². The summed E-state index contributed by atoms with van der Waals surface area (Å²) in [6.07, 6.45) is -3.40. The number of hydrogen-bond acceptors (Lipinski definition) is 7. The van der Waals surface area contributed by atoms with E-state index in [-0.39, 0.29) is 41.5 Å². The average molecular weight is 512 g/mol. The zero-order valence-electron chi connectivity index (χ0n) is 18.8. The number of alkyl halides is 3. The van der Waals surface area contributed by atoms with Crippen molar-refractivity contribution in [3.05, 3.63) is 99.9 Å². The number of ether oxygens (including phenoxy) is 1. The Morgan fingerprint density at radius 3 is 2.49 bits per heavy atom. The molecule has 2 aromatic heterocycles. The van der Waals surface area contributed by atoms with Crippen molar-refractivity contribution in [2.75, 3.05) is 0 Å². The fourth-order valence-electron chi connectivity index (χ4n) is 3.64. The SMILES string of the molecule is O=c1c(-c2ccc(CO)cc2)coc2cc(OCc3noc(-c4cc(F)cc(C(F)(F)F)c4)n3)ccc12. The van der Waals surface area contributed by atoms with E-state index in [0.717, 1.165) is 6.07 Å². The van der Waals surface area contributed by atoms with Crippen LogP contribution in [0.3, 0.4) is 0 Å². The molecule has 11 heteroatoms. The van der Waals surface area contributed by atoms with E-state index in [9.17, 15) is 27.5 Å². The second kappa shape index (κ2) is 9.51. The molecule has 0 aliphatic rings. The number of hydrogen-bond donors (Lipinski definition) is 1. The van der Waals surface area contributed by atoms with Crippen molar-refractivity contribution in [1.29, 1.82) is 0 Å². The van der Waals surface area contributed by atoms with Crippen LogP contribution in [0.1, 0.15) is 17.0 Å². The maximum Gasteiger partial charge on any atom is 0.416 e. The molecule has 0 aliphatic heterocycles. The summed E-state index contributed by atoms with van der Waals surface area (Å²) in [5.74, 6) is -1.07. The lowest BCUT2D eigenvalue weighted by molar-refractivity contribution is -0.137. The van der Waals surface area contributed by atoms with Crippen LogP contribution in [-0.4, -0.2) is 15.2 Å². The largest absolute Gasteiger partial charge is 0.485 e. The third-order valence-electron chi connectivity index (χ3n) is 5.50. The molecule has 0 spiro atoms. The standard InChI is InChI=1S/C26H16F4N2O5/c27-18-8-16(7-17(9-18)26(28,29)30)25-31-23(32-37-25)13-35-19-5-6-20-22(10-19)36-12-21(24(20)34)15-3-1-14(11-33)2-4-15/h1-10,12,33H,11,13H2. The predicted molar refractivity (Wildman–Crippen MR) is 123 cm³/mol. The number of aliphatic hydroxyl groups excluding tert-OH is 1. The van der Waals surface area contributed by atoms with Crippen LogP contribution in [0.4, 0.5) is 17.6 Å². The Balaban J connectivity index is 1.33. The lowest BCUT2D eigenvalue weighted by Crippen LogP contribution is -2.05. The maximum atomic E-state index is 13.7. The smallest absolute Gasteiger partial charge is 0.416 e. The van der Waals surface area contributed by atoms with Crippen LogP contribution >= 0.6 is 0 Å². The zero-order chi connectivity index (χ0) is 26.2. The molecular weight excluding hydrogens is 496 g/mol. The van der Waals surface area contributed by atoms with Gasteiger partial charge in [-0.25, -0.2) is 4.39 Å². The fraction of sp³-hybridized carbons (Fsp3) is 0.115. The molecule has 188 valence electrons. The quantitative estimate of drug-likeness (QED) is 0.290. The molecule has 2 heterocycles. The van der Waals surface area contributed by atoms with Crippen LogP contribution < -0.4 is 10.2 Å². The van der Waals surface area contributed by atoms with Crippen LogP contribution in [0.2, 0.25) is 0 Å². The van der Waals surface area contributed by atoms with Crippen molar-refractivity contribution in [3.8, 4) is 28.3 Å². The Kier molecular flexibility index (Phi) is 6.22. The highest BCUT2D eigenvalue weighted by Gasteiger charge is 2.32. The van der Waals surface area contributed by atoms with Crippen molar-refractivity contribution in [1.82, 2.24) is 10.1 Å². The molecule has 3 aromatic carbocycles. The van der Waals surface area contributed by atoms with Crippen molar-refractivity contribution < 1.29 is 36.3 Å². The van der Waals surface area contributed by atoms with E-state index < -0.39 is 17.6 Å². The Hall–Kier alpha value is -4.51. The molecule has 37 heavy (non-hydrogen) atoms. The van der Waals surface area contributed by atoms with Gasteiger partial charge in [0.25, 0.3) is 5.89 Å². The van der Waals surface area contributed by atoms with Gasteiger partial charge in [0.1, 0.15) is 23.4 Å². The molecule has 0 bridgehead atoms. The lowest BCUT2D eigenvalue weighted by atomic mass is 10.0. The number of halogens is 4. The molecule has 0 saturated carbocycles. The van der Waals surface area contributed by atoms with Gasteiger partial charge in [-0.2, -0.15) is 18.2 Å². The van der Waals surface area contributed by atoms with Gasteiger partial charge in [-0.1, -0.05) is 29.4 Å². The summed E-state index contributed by atoms with van der Waals surface area (Å²) in [5.41, 5.74) is 0.332. The van der Waals surface area contributed by atoms with Gasteiger partial charge in [-0.15, -0.1) is 0 Å². The average Bonchev–Trinajstić information content (AvgIpc) is 3.36. The maximum absolute atomic E-state index is 13.7. The van der Waals surface area contributed by atoms with Gasteiger partial charge in [0.2, 0.25) is 5.82 Å². The highest BCUT2D eigenvalue weighted by molar-refractivity contribution is 5.82. The summed E-state index contributed by atoms with van der Waals surface area (Å²) in [4.78, 5) is 16.9. The van der Waals surface area contributed by atoms with Crippen molar-refractivity contribution in [2.24, 2.45) is 0 Å². The first-order chi connectivity index (χ1) is 17.7. The normalized spacial score (nSPS) is 11.7. The second-order valence-corrected chi connectivity index (χ2v) is 8.02. The van der Waals surface area contributed by atoms with Crippen molar-refractivity contribution in [2.45, 2.75) is 19.4 Å². The van der Waals surface area contributed by atoms with Gasteiger partial charge in [0.05, 0.1) is 23.1 Å². The number of nitrogens with zero attached hydrogens (tertiary/aromatic N) is 2. The fourth-order valence-corrected chi connectivity index (χ4v) is 3.64. The van der Waals surface area contributed by atoms with E-state index in [1.165, 1.54) is 18.4 Å². The summed E-state index contributed by atoms with van der Waals surface area (Å²) >= 11 is 0. The lowest BCUT2D eigenvalue weighted by Gasteiger charge is -2.07. The second-order valence-electron chi connectivity index (χ2n) is 8.02. The van der Waals surface area contributed by atoms with Gasteiger partial charge < -0.3 is 18.8 Å². The van der Waals surface area contributed by atoms with Crippen LogP contribution in [0.25, 0.3) is 33.6 Å². The molecule has 0 unspecified atom stereocenters. The molecular formula is C26H16F4N2O5. The topological polar surface area (TPSA) is 98.6 Å². The molecule has 0 aliphatic carbocycles. The predicted octanol–water partition coefficient (Wildman–Crippen LogP) is 5.74. The summed E-state index contributed by atoms with van der Waals surface area (Å²) in [7, 11) is 0. The molecule has 1 N–H and O–H groups in total. The van der Waals surface area contributed by atoms with E-state index >= 15 is 0 Å². The molecule has 0 atom stereocenters. The molecule has 0 amide bonds. The third-order valence-corrected chi connectivity index (χ3v) is 5.50.